The van der Waals surface area contributed by atoms with E-state index >= 15 is 0 Å². The third-order valence-corrected chi connectivity index (χ3v) is 4.77. The summed E-state index contributed by atoms with van der Waals surface area (Å²) in [6.07, 6.45) is 1.54. The highest BCUT2D eigenvalue weighted by molar-refractivity contribution is 5.49. The van der Waals surface area contributed by atoms with Crippen LogP contribution >= 0.6 is 0 Å². The molecule has 5 heteroatoms. The van der Waals surface area contributed by atoms with Crippen LogP contribution in [0.25, 0.3) is 0 Å². The van der Waals surface area contributed by atoms with E-state index in [1.54, 1.807) is 32.4 Å². The molecule has 0 fully saturated rings. The molecule has 0 spiro atoms. The number of fused-ring (bicyclic) bond motifs is 1. The summed E-state index contributed by atoms with van der Waals surface area (Å²) in [5, 5.41) is 20.3. The van der Waals surface area contributed by atoms with Gasteiger partial charge in [-0.1, -0.05) is 0 Å². The average molecular weight is 329 g/mol. The van der Waals surface area contributed by atoms with Crippen molar-refractivity contribution in [2.24, 2.45) is 0 Å². The van der Waals surface area contributed by atoms with Crippen LogP contribution in [-0.4, -0.2) is 42.9 Å². The molecule has 3 rings (SSSR count). The Hall–Kier alpha value is -2.40. The number of aromatic hydroxyl groups is 2. The van der Waals surface area contributed by atoms with Crippen molar-refractivity contribution in [3.8, 4) is 23.0 Å². The number of ether oxygens (including phenoxy) is 2. The average Bonchev–Trinajstić information content (AvgIpc) is 2.58. The van der Waals surface area contributed by atoms with Crippen LogP contribution in [0.5, 0.6) is 23.0 Å². The summed E-state index contributed by atoms with van der Waals surface area (Å²) in [5.41, 5.74) is 3.08. The molecule has 0 radical (unpaired) electrons. The van der Waals surface area contributed by atoms with Crippen molar-refractivity contribution < 1.29 is 19.7 Å². The van der Waals surface area contributed by atoms with Crippen molar-refractivity contribution in [3.05, 3.63) is 47.0 Å². The molecule has 5 nitrogen and oxygen atoms in total. The van der Waals surface area contributed by atoms with Crippen molar-refractivity contribution in [1.82, 2.24) is 4.90 Å². The van der Waals surface area contributed by atoms with Gasteiger partial charge >= 0.3 is 0 Å². The van der Waals surface area contributed by atoms with Crippen molar-refractivity contribution in [1.29, 1.82) is 0 Å². The molecule has 1 heterocycles. The molecule has 0 bridgehead atoms. The number of likely N-dealkylation sites (N-methyl/N-ethyl adjacent to an activating group) is 1. The van der Waals surface area contributed by atoms with Gasteiger partial charge in [0.25, 0.3) is 0 Å². The summed E-state index contributed by atoms with van der Waals surface area (Å²) in [4.78, 5) is 2.24. The second-order valence-electron chi connectivity index (χ2n) is 6.17. The minimum absolute atomic E-state index is 0.0727. The number of hydrogen-bond acceptors (Lipinski definition) is 5. The Balaban J connectivity index is 1.98. The fourth-order valence-electron chi connectivity index (χ4n) is 3.33. The van der Waals surface area contributed by atoms with Gasteiger partial charge in [0.05, 0.1) is 14.2 Å². The van der Waals surface area contributed by atoms with Crippen LogP contribution in [0.4, 0.5) is 0 Å². The second kappa shape index (κ2) is 6.61. The van der Waals surface area contributed by atoms with Gasteiger partial charge < -0.3 is 19.7 Å². The number of methoxy groups -OCH3 is 2. The maximum Gasteiger partial charge on any atom is 0.160 e. The minimum atomic E-state index is 0.0727. The number of phenols is 2. The highest BCUT2D eigenvalue weighted by Crippen LogP contribution is 2.39. The third kappa shape index (κ3) is 2.99. The molecule has 0 amide bonds. The lowest BCUT2D eigenvalue weighted by Crippen LogP contribution is -2.33. The zero-order valence-electron chi connectivity index (χ0n) is 14.2. The number of hydrogen-bond donors (Lipinski definition) is 2. The molecule has 2 N–H and O–H groups in total. The molecule has 2 aromatic carbocycles. The molecule has 1 aliphatic rings. The van der Waals surface area contributed by atoms with Crippen LogP contribution in [0, 0.1) is 0 Å². The molecule has 24 heavy (non-hydrogen) atoms. The Morgan fingerprint density at radius 1 is 1.08 bits per heavy atom. The lowest BCUT2D eigenvalue weighted by Gasteiger charge is -2.35. The third-order valence-electron chi connectivity index (χ3n) is 4.77. The molecule has 0 aromatic heterocycles. The van der Waals surface area contributed by atoms with Gasteiger partial charge in [0.15, 0.2) is 11.5 Å². The van der Waals surface area contributed by atoms with Gasteiger partial charge in [0.1, 0.15) is 11.5 Å². The first-order chi connectivity index (χ1) is 11.5. The lowest BCUT2D eigenvalue weighted by molar-refractivity contribution is 0.226. The van der Waals surface area contributed by atoms with Crippen LogP contribution in [0.15, 0.2) is 30.3 Å². The van der Waals surface area contributed by atoms with E-state index in [0.29, 0.717) is 12.2 Å². The summed E-state index contributed by atoms with van der Waals surface area (Å²) in [6.45, 7) is 0.913. The van der Waals surface area contributed by atoms with Gasteiger partial charge in [0.2, 0.25) is 0 Å². The van der Waals surface area contributed by atoms with Crippen LogP contribution in [0.2, 0.25) is 0 Å². The Morgan fingerprint density at radius 3 is 2.58 bits per heavy atom. The molecule has 0 aliphatic carbocycles. The molecule has 0 saturated heterocycles. The van der Waals surface area contributed by atoms with E-state index < -0.39 is 0 Å². The predicted octanol–water partition coefficient (Wildman–Crippen LogP) is 2.89. The standard InChI is InChI=1S/C19H23NO4/c1-20-7-6-12-10-19(24-3)18(22)11-15(12)16(20)9-13-8-14(23-2)4-5-17(13)21/h4-5,8,10-11,16,21-22H,6-7,9H2,1-3H3/t16-/m0/s1. The van der Waals surface area contributed by atoms with Gasteiger partial charge in [-0.3, -0.25) is 4.90 Å². The monoisotopic (exact) mass is 329 g/mol. The smallest absolute Gasteiger partial charge is 0.160 e. The first-order valence-corrected chi connectivity index (χ1v) is 7.99. The van der Waals surface area contributed by atoms with E-state index in [0.717, 1.165) is 29.8 Å². The Bertz CT molecular complexity index is 744. The molecule has 1 atom stereocenters. The Morgan fingerprint density at radius 2 is 1.88 bits per heavy atom. The van der Waals surface area contributed by atoms with Crippen LogP contribution in [-0.2, 0) is 12.8 Å². The first kappa shape index (κ1) is 16.5. The molecule has 0 saturated carbocycles. The predicted molar refractivity (Wildman–Crippen MR) is 92.1 cm³/mol. The quantitative estimate of drug-likeness (QED) is 0.903. The van der Waals surface area contributed by atoms with Crippen molar-refractivity contribution in [3.63, 3.8) is 0 Å². The Kier molecular flexibility index (Phi) is 4.53. The van der Waals surface area contributed by atoms with Gasteiger partial charge in [-0.15, -0.1) is 0 Å². The van der Waals surface area contributed by atoms with Crippen LogP contribution in [0.1, 0.15) is 22.7 Å². The first-order valence-electron chi connectivity index (χ1n) is 7.99. The summed E-state index contributed by atoms with van der Waals surface area (Å²) in [5.74, 6) is 1.63. The van der Waals surface area contributed by atoms with E-state index in [4.69, 9.17) is 9.47 Å². The van der Waals surface area contributed by atoms with Gasteiger partial charge in [0, 0.05) is 12.6 Å². The van der Waals surface area contributed by atoms with Gasteiger partial charge in [-0.25, -0.2) is 0 Å². The molecule has 1 aliphatic heterocycles. The number of nitrogens with zero attached hydrogens (tertiary/aromatic N) is 1. The Labute approximate surface area is 142 Å². The molecular weight excluding hydrogens is 306 g/mol. The van der Waals surface area contributed by atoms with Gasteiger partial charge in [-0.2, -0.15) is 0 Å². The topological polar surface area (TPSA) is 62.2 Å². The normalized spacial score (nSPS) is 17.4. The number of phenolic OH excluding ortho intramolecular Hbond substituents is 2. The highest BCUT2D eigenvalue weighted by Gasteiger charge is 2.27. The summed E-state index contributed by atoms with van der Waals surface area (Å²) < 4.78 is 10.5. The number of benzene rings is 2. The van der Waals surface area contributed by atoms with Crippen molar-refractivity contribution in [2.75, 3.05) is 27.8 Å². The van der Waals surface area contributed by atoms with Crippen molar-refractivity contribution in [2.45, 2.75) is 18.9 Å². The summed E-state index contributed by atoms with van der Waals surface area (Å²) >= 11 is 0. The molecule has 128 valence electrons. The van der Waals surface area contributed by atoms with E-state index in [9.17, 15) is 10.2 Å². The zero-order chi connectivity index (χ0) is 17.3. The second-order valence-corrected chi connectivity index (χ2v) is 6.17. The molecule has 2 aromatic rings. The van der Waals surface area contributed by atoms with E-state index in [1.807, 2.05) is 12.1 Å². The van der Waals surface area contributed by atoms with Gasteiger partial charge in [-0.05, 0) is 66.9 Å². The maximum atomic E-state index is 10.2. The lowest BCUT2D eigenvalue weighted by atomic mass is 9.88. The minimum Gasteiger partial charge on any atom is -0.508 e. The van der Waals surface area contributed by atoms with E-state index in [2.05, 4.69) is 11.9 Å². The molecular formula is C19H23NO4. The SMILES string of the molecule is COc1ccc(O)c(C[C@H]2c3cc(O)c(OC)cc3CCN2C)c1. The van der Waals surface area contributed by atoms with E-state index in [1.165, 1.54) is 5.56 Å². The fourth-order valence-corrected chi connectivity index (χ4v) is 3.33. The van der Waals surface area contributed by atoms with Crippen LogP contribution in [0.3, 0.4) is 0 Å². The largest absolute Gasteiger partial charge is 0.508 e. The summed E-state index contributed by atoms with van der Waals surface area (Å²) in [7, 11) is 5.23. The molecule has 0 unspecified atom stereocenters. The number of rotatable bonds is 4. The van der Waals surface area contributed by atoms with Crippen molar-refractivity contribution >= 4 is 0 Å². The zero-order valence-corrected chi connectivity index (χ0v) is 14.2. The maximum absolute atomic E-state index is 10.2. The van der Waals surface area contributed by atoms with E-state index in [-0.39, 0.29) is 17.5 Å². The summed E-state index contributed by atoms with van der Waals surface area (Å²) in [6, 6.07) is 9.03. The van der Waals surface area contributed by atoms with Crippen LogP contribution < -0.4 is 9.47 Å². The highest BCUT2D eigenvalue weighted by atomic mass is 16.5. The fraction of sp³-hybridized carbons (Fsp3) is 0.368.